The highest BCUT2D eigenvalue weighted by Gasteiger charge is 2.29. The molecule has 1 saturated heterocycles. The molecule has 1 fully saturated rings. The van der Waals surface area contributed by atoms with Crippen LogP contribution in [0.4, 0.5) is 4.79 Å². The van der Waals surface area contributed by atoms with E-state index in [0.717, 1.165) is 26.1 Å². The van der Waals surface area contributed by atoms with Gasteiger partial charge in [-0.15, -0.1) is 0 Å². The highest BCUT2D eigenvalue weighted by molar-refractivity contribution is 5.76. The molecule has 2 unspecified atom stereocenters. The van der Waals surface area contributed by atoms with Crippen molar-refractivity contribution >= 4 is 12.0 Å². The van der Waals surface area contributed by atoms with Crippen molar-refractivity contribution in [3.63, 3.8) is 0 Å². The lowest BCUT2D eigenvalue weighted by molar-refractivity contribution is -0.140. The van der Waals surface area contributed by atoms with Gasteiger partial charge in [0.1, 0.15) is 0 Å². The summed E-state index contributed by atoms with van der Waals surface area (Å²) in [5.74, 6) is -1.34. The SMILES string of the molecule is CC1(CNC(=O)NC2C=CC(C(=O)O)C2)CCOCC1. The maximum atomic E-state index is 11.8. The molecule has 1 heterocycles. The summed E-state index contributed by atoms with van der Waals surface area (Å²) in [6, 6.07) is -0.433. The fraction of sp³-hybridized carbons (Fsp3) is 0.714. The van der Waals surface area contributed by atoms with Gasteiger partial charge < -0.3 is 20.5 Å². The second-order valence-corrected chi connectivity index (χ2v) is 5.92. The Kier molecular flexibility index (Phi) is 4.65. The van der Waals surface area contributed by atoms with E-state index in [0.29, 0.717) is 13.0 Å². The molecule has 20 heavy (non-hydrogen) atoms. The maximum absolute atomic E-state index is 11.8. The van der Waals surface area contributed by atoms with Crippen LogP contribution in [0.2, 0.25) is 0 Å². The quantitative estimate of drug-likeness (QED) is 0.675. The van der Waals surface area contributed by atoms with E-state index in [1.165, 1.54) is 0 Å². The van der Waals surface area contributed by atoms with Crippen LogP contribution in [-0.2, 0) is 9.53 Å². The summed E-state index contributed by atoms with van der Waals surface area (Å²) in [5, 5.41) is 14.5. The molecule has 2 aliphatic rings. The summed E-state index contributed by atoms with van der Waals surface area (Å²) in [6.07, 6.45) is 5.69. The third kappa shape index (κ3) is 3.96. The van der Waals surface area contributed by atoms with E-state index in [4.69, 9.17) is 9.84 Å². The van der Waals surface area contributed by atoms with Crippen molar-refractivity contribution in [3.8, 4) is 0 Å². The summed E-state index contributed by atoms with van der Waals surface area (Å²) in [6.45, 7) is 4.24. The highest BCUT2D eigenvalue weighted by Crippen LogP contribution is 2.28. The monoisotopic (exact) mass is 282 g/mol. The van der Waals surface area contributed by atoms with Crippen molar-refractivity contribution in [2.24, 2.45) is 11.3 Å². The smallest absolute Gasteiger partial charge is 0.315 e. The van der Waals surface area contributed by atoms with E-state index < -0.39 is 11.9 Å². The number of nitrogens with one attached hydrogen (secondary N) is 2. The minimum atomic E-state index is -0.847. The Labute approximate surface area is 118 Å². The molecule has 6 heteroatoms. The Balaban J connectivity index is 1.71. The highest BCUT2D eigenvalue weighted by atomic mass is 16.5. The summed E-state index contributed by atoms with van der Waals surface area (Å²) in [5.41, 5.74) is 0.0880. The third-order valence-electron chi connectivity index (χ3n) is 4.09. The van der Waals surface area contributed by atoms with Crippen LogP contribution >= 0.6 is 0 Å². The first-order valence-electron chi connectivity index (χ1n) is 7.02. The average molecular weight is 282 g/mol. The van der Waals surface area contributed by atoms with Gasteiger partial charge >= 0.3 is 12.0 Å². The number of rotatable bonds is 4. The van der Waals surface area contributed by atoms with Crippen LogP contribution in [-0.4, -0.2) is 42.9 Å². The van der Waals surface area contributed by atoms with Crippen LogP contribution in [0.3, 0.4) is 0 Å². The fourth-order valence-corrected chi connectivity index (χ4v) is 2.54. The van der Waals surface area contributed by atoms with Crippen molar-refractivity contribution in [3.05, 3.63) is 12.2 Å². The molecule has 2 atom stereocenters. The summed E-state index contributed by atoms with van der Waals surface area (Å²) in [7, 11) is 0. The van der Waals surface area contributed by atoms with E-state index in [9.17, 15) is 9.59 Å². The van der Waals surface area contributed by atoms with Crippen LogP contribution in [0, 0.1) is 11.3 Å². The molecular weight excluding hydrogens is 260 g/mol. The van der Waals surface area contributed by atoms with Crippen molar-refractivity contribution in [1.82, 2.24) is 10.6 Å². The molecular formula is C14H22N2O4. The topological polar surface area (TPSA) is 87.7 Å². The molecule has 0 aromatic heterocycles. The first-order chi connectivity index (χ1) is 9.48. The molecule has 3 N–H and O–H groups in total. The molecule has 0 saturated carbocycles. The van der Waals surface area contributed by atoms with Gasteiger partial charge in [0.2, 0.25) is 0 Å². The minimum absolute atomic E-state index is 0.0880. The number of carboxylic acid groups (broad SMARTS) is 1. The third-order valence-corrected chi connectivity index (χ3v) is 4.09. The van der Waals surface area contributed by atoms with E-state index >= 15 is 0 Å². The Morgan fingerprint density at radius 3 is 2.65 bits per heavy atom. The number of carbonyl (C=O) groups is 2. The molecule has 1 aliphatic heterocycles. The second kappa shape index (κ2) is 6.26. The van der Waals surface area contributed by atoms with Gasteiger partial charge in [-0.3, -0.25) is 4.79 Å². The molecule has 0 aromatic carbocycles. The zero-order chi connectivity index (χ0) is 14.6. The van der Waals surface area contributed by atoms with Crippen LogP contribution in [0.1, 0.15) is 26.2 Å². The van der Waals surface area contributed by atoms with Crippen molar-refractivity contribution in [1.29, 1.82) is 0 Å². The Morgan fingerprint density at radius 1 is 1.35 bits per heavy atom. The molecule has 1 aliphatic carbocycles. The summed E-state index contributed by atoms with van der Waals surface area (Å²) < 4.78 is 5.32. The lowest BCUT2D eigenvalue weighted by Crippen LogP contribution is -2.46. The Morgan fingerprint density at radius 2 is 2.05 bits per heavy atom. The number of ether oxygens (including phenoxy) is 1. The fourth-order valence-electron chi connectivity index (χ4n) is 2.54. The zero-order valence-corrected chi connectivity index (χ0v) is 11.7. The van der Waals surface area contributed by atoms with E-state index in [1.807, 2.05) is 0 Å². The molecule has 0 bridgehead atoms. The van der Waals surface area contributed by atoms with Crippen molar-refractivity contribution in [2.45, 2.75) is 32.2 Å². The van der Waals surface area contributed by atoms with Gasteiger partial charge in [-0.2, -0.15) is 0 Å². The van der Waals surface area contributed by atoms with Gasteiger partial charge in [0.25, 0.3) is 0 Å². The summed E-state index contributed by atoms with van der Waals surface area (Å²) >= 11 is 0. The molecule has 0 aromatic rings. The van der Waals surface area contributed by atoms with Gasteiger partial charge in [0.15, 0.2) is 0 Å². The van der Waals surface area contributed by atoms with Gasteiger partial charge in [-0.05, 0) is 24.7 Å². The largest absolute Gasteiger partial charge is 0.481 e. The van der Waals surface area contributed by atoms with Gasteiger partial charge in [-0.25, -0.2) is 4.79 Å². The number of carbonyl (C=O) groups excluding carboxylic acids is 1. The molecule has 2 rings (SSSR count). The predicted molar refractivity (Wildman–Crippen MR) is 73.4 cm³/mol. The van der Waals surface area contributed by atoms with Crippen LogP contribution in [0.25, 0.3) is 0 Å². The molecule has 2 amide bonds. The van der Waals surface area contributed by atoms with Gasteiger partial charge in [0, 0.05) is 19.8 Å². The molecule has 0 spiro atoms. The number of urea groups is 1. The van der Waals surface area contributed by atoms with Crippen molar-refractivity contribution < 1.29 is 19.4 Å². The van der Waals surface area contributed by atoms with Gasteiger partial charge in [0.05, 0.1) is 12.0 Å². The van der Waals surface area contributed by atoms with Gasteiger partial charge in [-0.1, -0.05) is 19.1 Å². The Bertz CT molecular complexity index is 402. The predicted octanol–water partition coefficient (Wildman–Crippen LogP) is 1.13. The lowest BCUT2D eigenvalue weighted by atomic mass is 9.82. The molecule has 0 radical (unpaired) electrons. The molecule has 112 valence electrons. The first-order valence-corrected chi connectivity index (χ1v) is 7.02. The molecule has 6 nitrogen and oxygen atoms in total. The van der Waals surface area contributed by atoms with Crippen LogP contribution in [0.15, 0.2) is 12.2 Å². The zero-order valence-electron chi connectivity index (χ0n) is 11.7. The lowest BCUT2D eigenvalue weighted by Gasteiger charge is -2.33. The minimum Gasteiger partial charge on any atom is -0.481 e. The summed E-state index contributed by atoms with van der Waals surface area (Å²) in [4.78, 5) is 22.6. The average Bonchev–Trinajstić information content (AvgIpc) is 2.86. The van der Waals surface area contributed by atoms with Crippen LogP contribution in [0.5, 0.6) is 0 Å². The van der Waals surface area contributed by atoms with E-state index in [-0.39, 0.29) is 17.5 Å². The second-order valence-electron chi connectivity index (χ2n) is 5.92. The first kappa shape index (κ1) is 14.8. The number of hydrogen-bond acceptors (Lipinski definition) is 3. The van der Waals surface area contributed by atoms with Crippen molar-refractivity contribution in [2.75, 3.05) is 19.8 Å². The maximum Gasteiger partial charge on any atom is 0.315 e. The van der Waals surface area contributed by atoms with E-state index in [1.54, 1.807) is 12.2 Å². The normalized spacial score (nSPS) is 28.1. The standard InChI is InChI=1S/C14H22N2O4/c1-14(4-6-20-7-5-14)9-15-13(19)16-11-3-2-10(8-11)12(17)18/h2-3,10-11H,4-9H2,1H3,(H,17,18)(H2,15,16,19). The number of hydrogen-bond donors (Lipinski definition) is 3. The number of amides is 2. The van der Waals surface area contributed by atoms with E-state index in [2.05, 4.69) is 17.6 Å². The Hall–Kier alpha value is -1.56. The number of carboxylic acids is 1. The number of aliphatic carboxylic acids is 1. The van der Waals surface area contributed by atoms with Crippen LogP contribution < -0.4 is 10.6 Å².